The Morgan fingerprint density at radius 2 is 1.38 bits per heavy atom. The first-order valence-electron chi connectivity index (χ1n) is 7.16. The summed E-state index contributed by atoms with van der Waals surface area (Å²) in [6.45, 7) is 1.49. The van der Waals surface area contributed by atoms with Crippen LogP contribution in [0.1, 0.15) is 24.0 Å². The molecule has 0 aliphatic carbocycles. The fraction of sp³-hybridized carbons (Fsp3) is 0.278. The molecule has 0 heterocycles. The Bertz CT molecular complexity index is 523. The largest absolute Gasteiger partial charge is 0.461 e. The Morgan fingerprint density at radius 3 is 2.00 bits per heavy atom. The predicted octanol–water partition coefficient (Wildman–Crippen LogP) is 3.73. The van der Waals surface area contributed by atoms with Crippen LogP contribution in [0.25, 0.3) is 0 Å². The van der Waals surface area contributed by atoms with Gasteiger partial charge in [-0.1, -0.05) is 60.7 Å². The molecule has 0 bridgehead atoms. The third-order valence-electron chi connectivity index (χ3n) is 3.02. The van der Waals surface area contributed by atoms with Crippen molar-refractivity contribution in [3.05, 3.63) is 71.8 Å². The lowest BCUT2D eigenvalue weighted by atomic mass is 10.2. The number of hydrogen-bond donors (Lipinski definition) is 0. The lowest BCUT2D eigenvalue weighted by molar-refractivity contribution is -0.145. The molecule has 0 spiro atoms. The van der Waals surface area contributed by atoms with Crippen molar-refractivity contribution >= 4 is 5.97 Å². The monoisotopic (exact) mass is 284 g/mol. The molecule has 2 aromatic rings. The minimum atomic E-state index is -0.179. The number of benzene rings is 2. The van der Waals surface area contributed by atoms with Crippen LogP contribution in [0, 0.1) is 0 Å². The molecule has 0 amide bonds. The average molecular weight is 284 g/mol. The van der Waals surface area contributed by atoms with Crippen molar-refractivity contribution in [2.24, 2.45) is 0 Å². The van der Waals surface area contributed by atoms with Crippen molar-refractivity contribution in [2.75, 3.05) is 6.61 Å². The third kappa shape index (κ3) is 6.23. The van der Waals surface area contributed by atoms with Gasteiger partial charge in [0.2, 0.25) is 0 Å². The maximum atomic E-state index is 11.6. The van der Waals surface area contributed by atoms with Gasteiger partial charge < -0.3 is 9.47 Å². The second-order valence-corrected chi connectivity index (χ2v) is 4.79. The molecule has 21 heavy (non-hydrogen) atoms. The summed E-state index contributed by atoms with van der Waals surface area (Å²) in [6.07, 6.45) is 1.07. The minimum absolute atomic E-state index is 0.179. The number of esters is 1. The van der Waals surface area contributed by atoms with E-state index in [4.69, 9.17) is 9.47 Å². The molecule has 0 aliphatic heterocycles. The van der Waals surface area contributed by atoms with Crippen LogP contribution >= 0.6 is 0 Å². The van der Waals surface area contributed by atoms with E-state index in [9.17, 15) is 4.79 Å². The highest BCUT2D eigenvalue weighted by Gasteiger charge is 2.03. The Labute approximate surface area is 125 Å². The highest BCUT2D eigenvalue weighted by Crippen LogP contribution is 2.04. The van der Waals surface area contributed by atoms with Gasteiger partial charge in [-0.3, -0.25) is 4.79 Å². The molecule has 3 heteroatoms. The predicted molar refractivity (Wildman–Crippen MR) is 81.6 cm³/mol. The number of carbonyl (C=O) groups is 1. The SMILES string of the molecule is O=C(CCCOCc1ccccc1)OCc1ccccc1. The van der Waals surface area contributed by atoms with Crippen molar-refractivity contribution < 1.29 is 14.3 Å². The molecule has 2 rings (SSSR count). The summed E-state index contributed by atoms with van der Waals surface area (Å²) in [5, 5.41) is 0. The highest BCUT2D eigenvalue weighted by atomic mass is 16.5. The summed E-state index contributed by atoms with van der Waals surface area (Å²) < 4.78 is 10.7. The molecular weight excluding hydrogens is 264 g/mol. The Kier molecular flexibility index (Phi) is 6.49. The average Bonchev–Trinajstić information content (AvgIpc) is 2.54. The van der Waals surface area contributed by atoms with E-state index in [-0.39, 0.29) is 5.97 Å². The highest BCUT2D eigenvalue weighted by molar-refractivity contribution is 5.69. The number of rotatable bonds is 8. The minimum Gasteiger partial charge on any atom is -0.461 e. The van der Waals surface area contributed by atoms with Gasteiger partial charge >= 0.3 is 5.97 Å². The number of ether oxygens (including phenoxy) is 2. The molecule has 0 saturated heterocycles. The first kappa shape index (κ1) is 15.3. The molecule has 0 unspecified atom stereocenters. The second kappa shape index (κ2) is 8.93. The second-order valence-electron chi connectivity index (χ2n) is 4.79. The summed E-state index contributed by atoms with van der Waals surface area (Å²) in [7, 11) is 0. The van der Waals surface area contributed by atoms with E-state index in [1.54, 1.807) is 0 Å². The van der Waals surface area contributed by atoms with Gasteiger partial charge in [-0.25, -0.2) is 0 Å². The van der Waals surface area contributed by atoms with Crippen molar-refractivity contribution in [1.82, 2.24) is 0 Å². The van der Waals surface area contributed by atoms with Gasteiger partial charge in [0.1, 0.15) is 6.61 Å². The van der Waals surface area contributed by atoms with Crippen molar-refractivity contribution in [3.63, 3.8) is 0 Å². The summed E-state index contributed by atoms with van der Waals surface area (Å²) in [4.78, 5) is 11.6. The molecular formula is C18H20O3. The van der Waals surface area contributed by atoms with E-state index >= 15 is 0 Å². The van der Waals surface area contributed by atoms with Gasteiger partial charge in [0, 0.05) is 13.0 Å². The molecule has 0 saturated carbocycles. The van der Waals surface area contributed by atoms with E-state index in [0.29, 0.717) is 32.7 Å². The van der Waals surface area contributed by atoms with E-state index in [1.807, 2.05) is 60.7 Å². The summed E-state index contributed by atoms with van der Waals surface area (Å²) >= 11 is 0. The molecule has 0 atom stereocenters. The maximum Gasteiger partial charge on any atom is 0.306 e. The van der Waals surface area contributed by atoms with Gasteiger partial charge in [-0.15, -0.1) is 0 Å². The van der Waals surface area contributed by atoms with Crippen molar-refractivity contribution in [1.29, 1.82) is 0 Å². The quantitative estimate of drug-likeness (QED) is 0.547. The smallest absolute Gasteiger partial charge is 0.306 e. The number of hydrogen-bond acceptors (Lipinski definition) is 3. The normalized spacial score (nSPS) is 10.3. The fourth-order valence-electron chi connectivity index (χ4n) is 1.89. The molecule has 0 aromatic heterocycles. The molecule has 0 aliphatic rings. The lowest BCUT2D eigenvalue weighted by Crippen LogP contribution is -2.06. The summed E-state index contributed by atoms with van der Waals surface area (Å²) in [6, 6.07) is 19.7. The van der Waals surface area contributed by atoms with E-state index in [0.717, 1.165) is 11.1 Å². The third-order valence-corrected chi connectivity index (χ3v) is 3.02. The Morgan fingerprint density at radius 1 is 0.810 bits per heavy atom. The van der Waals surface area contributed by atoms with Gasteiger partial charge in [0.15, 0.2) is 0 Å². The fourth-order valence-corrected chi connectivity index (χ4v) is 1.89. The molecule has 2 aromatic carbocycles. The standard InChI is InChI=1S/C18H20O3/c19-18(21-15-17-10-5-2-6-11-17)12-7-13-20-14-16-8-3-1-4-9-16/h1-6,8-11H,7,12-15H2. The van der Waals surface area contributed by atoms with E-state index in [2.05, 4.69) is 0 Å². The van der Waals surface area contributed by atoms with Crippen molar-refractivity contribution in [2.45, 2.75) is 26.1 Å². The molecule has 0 fully saturated rings. The van der Waals surface area contributed by atoms with Crippen LogP contribution in [0.2, 0.25) is 0 Å². The zero-order valence-corrected chi connectivity index (χ0v) is 12.0. The number of carbonyl (C=O) groups excluding carboxylic acids is 1. The molecule has 3 nitrogen and oxygen atoms in total. The zero-order valence-electron chi connectivity index (χ0n) is 12.0. The van der Waals surface area contributed by atoms with Gasteiger partial charge in [-0.2, -0.15) is 0 Å². The maximum absolute atomic E-state index is 11.6. The van der Waals surface area contributed by atoms with Crippen LogP contribution in [0.3, 0.4) is 0 Å². The molecule has 110 valence electrons. The summed E-state index contributed by atoms with van der Waals surface area (Å²) in [5.74, 6) is -0.179. The van der Waals surface area contributed by atoms with Crippen LogP contribution in [0.15, 0.2) is 60.7 Å². The van der Waals surface area contributed by atoms with Crippen LogP contribution in [-0.2, 0) is 27.5 Å². The van der Waals surface area contributed by atoms with Crippen LogP contribution in [0.5, 0.6) is 0 Å². The van der Waals surface area contributed by atoms with Crippen molar-refractivity contribution in [3.8, 4) is 0 Å². The van der Waals surface area contributed by atoms with Crippen LogP contribution < -0.4 is 0 Å². The topological polar surface area (TPSA) is 35.5 Å². The first-order chi connectivity index (χ1) is 10.3. The van der Waals surface area contributed by atoms with E-state index < -0.39 is 0 Å². The van der Waals surface area contributed by atoms with Gasteiger partial charge in [-0.05, 0) is 17.5 Å². The van der Waals surface area contributed by atoms with Crippen LogP contribution in [0.4, 0.5) is 0 Å². The Hall–Kier alpha value is -2.13. The Balaban J connectivity index is 1.53. The van der Waals surface area contributed by atoms with Gasteiger partial charge in [0.05, 0.1) is 6.61 Å². The summed E-state index contributed by atoms with van der Waals surface area (Å²) in [5.41, 5.74) is 2.15. The zero-order chi connectivity index (χ0) is 14.8. The lowest BCUT2D eigenvalue weighted by Gasteiger charge is -2.06. The van der Waals surface area contributed by atoms with E-state index in [1.165, 1.54) is 0 Å². The first-order valence-corrected chi connectivity index (χ1v) is 7.16. The van der Waals surface area contributed by atoms with Crippen LogP contribution in [-0.4, -0.2) is 12.6 Å². The molecule has 0 N–H and O–H groups in total. The van der Waals surface area contributed by atoms with Gasteiger partial charge in [0.25, 0.3) is 0 Å². The molecule has 0 radical (unpaired) electrons.